The highest BCUT2D eigenvalue weighted by Gasteiger charge is 2.01. The number of aryl methyl sites for hydroxylation is 1. The second-order valence-corrected chi connectivity index (χ2v) is 5.50. The van der Waals surface area contributed by atoms with Crippen LogP contribution in [-0.4, -0.2) is 74.1 Å². The van der Waals surface area contributed by atoms with Crippen LogP contribution in [0.4, 0.5) is 11.6 Å². The van der Waals surface area contributed by atoms with Crippen molar-refractivity contribution in [2.75, 3.05) is 65.0 Å². The van der Waals surface area contributed by atoms with Gasteiger partial charge in [0.15, 0.2) is 0 Å². The molecule has 0 spiro atoms. The Morgan fingerprint density at radius 1 is 0.900 bits per heavy atom. The maximum atomic E-state index is 4.41. The van der Waals surface area contributed by atoms with Crippen molar-refractivity contribution < 1.29 is 0 Å². The summed E-state index contributed by atoms with van der Waals surface area (Å²) in [6.07, 6.45) is 1.10. The molecule has 114 valence electrons. The van der Waals surface area contributed by atoms with Crippen LogP contribution in [0.1, 0.15) is 12.2 Å². The van der Waals surface area contributed by atoms with E-state index in [1.54, 1.807) is 0 Å². The topological polar surface area (TPSA) is 56.3 Å². The Balaban J connectivity index is 2.44. The molecule has 1 aromatic heterocycles. The van der Waals surface area contributed by atoms with Gasteiger partial charge in [0.25, 0.3) is 0 Å². The third-order valence-electron chi connectivity index (χ3n) is 2.79. The number of aromatic nitrogens is 2. The molecule has 0 aliphatic carbocycles. The molecule has 0 radical (unpaired) electrons. The molecule has 0 saturated heterocycles. The van der Waals surface area contributed by atoms with Gasteiger partial charge in [-0.15, -0.1) is 0 Å². The average molecular weight is 280 g/mol. The SMILES string of the molecule is Cc1nc(NCCCN(C)C)cc(NCCN(C)C)n1. The van der Waals surface area contributed by atoms with Crippen LogP contribution in [0.25, 0.3) is 0 Å². The quantitative estimate of drug-likeness (QED) is 0.661. The molecule has 1 aromatic rings. The highest BCUT2D eigenvalue weighted by atomic mass is 15.1. The zero-order valence-corrected chi connectivity index (χ0v) is 13.4. The first-order chi connectivity index (χ1) is 9.47. The molecule has 0 bridgehead atoms. The van der Waals surface area contributed by atoms with E-state index < -0.39 is 0 Å². The summed E-state index contributed by atoms with van der Waals surface area (Å²) in [5.41, 5.74) is 0. The summed E-state index contributed by atoms with van der Waals surface area (Å²) in [6.45, 7) is 5.77. The van der Waals surface area contributed by atoms with E-state index >= 15 is 0 Å². The lowest BCUT2D eigenvalue weighted by molar-refractivity contribution is 0.405. The maximum absolute atomic E-state index is 4.41. The van der Waals surface area contributed by atoms with Gasteiger partial charge in [0.1, 0.15) is 17.5 Å². The number of nitrogens with zero attached hydrogens (tertiary/aromatic N) is 4. The predicted molar refractivity (Wildman–Crippen MR) is 85.5 cm³/mol. The normalized spacial score (nSPS) is 11.2. The maximum Gasteiger partial charge on any atom is 0.131 e. The van der Waals surface area contributed by atoms with E-state index in [0.717, 1.165) is 50.1 Å². The van der Waals surface area contributed by atoms with Crippen LogP contribution in [0, 0.1) is 6.92 Å². The Bertz CT molecular complexity index is 391. The lowest BCUT2D eigenvalue weighted by atomic mass is 10.4. The Hall–Kier alpha value is -1.40. The molecule has 1 rings (SSSR count). The number of likely N-dealkylation sites (N-methyl/N-ethyl adjacent to an activating group) is 1. The molecule has 0 unspecified atom stereocenters. The van der Waals surface area contributed by atoms with E-state index in [1.807, 2.05) is 13.0 Å². The lowest BCUT2D eigenvalue weighted by Crippen LogP contribution is -2.21. The van der Waals surface area contributed by atoms with Gasteiger partial charge in [-0.3, -0.25) is 0 Å². The summed E-state index contributed by atoms with van der Waals surface area (Å²) in [5, 5.41) is 6.68. The van der Waals surface area contributed by atoms with Gasteiger partial charge >= 0.3 is 0 Å². The van der Waals surface area contributed by atoms with E-state index in [2.05, 4.69) is 58.6 Å². The van der Waals surface area contributed by atoms with Crippen LogP contribution in [0.5, 0.6) is 0 Å². The fourth-order valence-corrected chi connectivity index (χ4v) is 1.77. The zero-order valence-electron chi connectivity index (χ0n) is 13.4. The van der Waals surface area contributed by atoms with E-state index in [4.69, 9.17) is 0 Å². The molecule has 0 aliphatic rings. The number of rotatable bonds is 9. The van der Waals surface area contributed by atoms with Crippen molar-refractivity contribution in [1.29, 1.82) is 0 Å². The van der Waals surface area contributed by atoms with Crippen LogP contribution < -0.4 is 10.6 Å². The number of anilines is 2. The fraction of sp³-hybridized carbons (Fsp3) is 0.714. The van der Waals surface area contributed by atoms with Gasteiger partial charge in [-0.05, 0) is 48.1 Å². The molecule has 0 aromatic carbocycles. The highest BCUT2D eigenvalue weighted by Crippen LogP contribution is 2.10. The Kier molecular flexibility index (Phi) is 7.25. The van der Waals surface area contributed by atoms with Crippen molar-refractivity contribution in [3.05, 3.63) is 11.9 Å². The van der Waals surface area contributed by atoms with Crippen LogP contribution in [0.3, 0.4) is 0 Å². The molecule has 2 N–H and O–H groups in total. The van der Waals surface area contributed by atoms with Crippen molar-refractivity contribution >= 4 is 11.6 Å². The molecule has 6 nitrogen and oxygen atoms in total. The molecule has 0 atom stereocenters. The fourth-order valence-electron chi connectivity index (χ4n) is 1.77. The van der Waals surface area contributed by atoms with Crippen LogP contribution >= 0.6 is 0 Å². The molecule has 20 heavy (non-hydrogen) atoms. The summed E-state index contributed by atoms with van der Waals surface area (Å²) in [6, 6.07) is 1.97. The predicted octanol–water partition coefficient (Wildman–Crippen LogP) is 1.12. The Labute approximate surface area is 122 Å². The first-order valence-electron chi connectivity index (χ1n) is 7.10. The molecule has 0 aliphatic heterocycles. The third kappa shape index (κ3) is 7.25. The first-order valence-corrected chi connectivity index (χ1v) is 7.10. The monoisotopic (exact) mass is 280 g/mol. The standard InChI is InChI=1S/C14H28N6/c1-12-17-13(15-7-6-9-19(2)3)11-14(18-12)16-8-10-20(4)5/h11H,6-10H2,1-5H3,(H2,15,16,17,18). The summed E-state index contributed by atoms with van der Waals surface area (Å²) >= 11 is 0. The van der Waals surface area contributed by atoms with E-state index in [9.17, 15) is 0 Å². The largest absolute Gasteiger partial charge is 0.370 e. The third-order valence-corrected chi connectivity index (χ3v) is 2.79. The molecule has 6 heteroatoms. The van der Waals surface area contributed by atoms with Gasteiger partial charge in [0.05, 0.1) is 0 Å². The van der Waals surface area contributed by atoms with E-state index in [0.29, 0.717) is 0 Å². The van der Waals surface area contributed by atoms with Crippen molar-refractivity contribution in [2.45, 2.75) is 13.3 Å². The highest BCUT2D eigenvalue weighted by molar-refractivity contribution is 5.47. The number of hydrogen-bond donors (Lipinski definition) is 2. The molecular weight excluding hydrogens is 252 g/mol. The average Bonchev–Trinajstić information content (AvgIpc) is 2.33. The summed E-state index contributed by atoms with van der Waals surface area (Å²) < 4.78 is 0. The first kappa shape index (κ1) is 16.7. The summed E-state index contributed by atoms with van der Waals surface area (Å²) in [4.78, 5) is 13.1. The van der Waals surface area contributed by atoms with Crippen molar-refractivity contribution in [3.63, 3.8) is 0 Å². The van der Waals surface area contributed by atoms with Gasteiger partial charge in [0.2, 0.25) is 0 Å². The molecule has 1 heterocycles. The summed E-state index contributed by atoms with van der Waals surface area (Å²) in [5.74, 6) is 2.56. The zero-order chi connectivity index (χ0) is 15.0. The van der Waals surface area contributed by atoms with Crippen molar-refractivity contribution in [2.24, 2.45) is 0 Å². The summed E-state index contributed by atoms with van der Waals surface area (Å²) in [7, 11) is 8.29. The lowest BCUT2D eigenvalue weighted by Gasteiger charge is -2.13. The molecule has 0 saturated carbocycles. The van der Waals surface area contributed by atoms with Gasteiger partial charge in [0, 0.05) is 25.7 Å². The van der Waals surface area contributed by atoms with E-state index in [1.165, 1.54) is 0 Å². The Morgan fingerprint density at radius 3 is 2.00 bits per heavy atom. The molecular formula is C14H28N6. The minimum Gasteiger partial charge on any atom is -0.370 e. The van der Waals surface area contributed by atoms with Gasteiger partial charge < -0.3 is 20.4 Å². The van der Waals surface area contributed by atoms with Gasteiger partial charge in [-0.1, -0.05) is 0 Å². The van der Waals surface area contributed by atoms with Gasteiger partial charge in [-0.2, -0.15) is 0 Å². The van der Waals surface area contributed by atoms with Crippen LogP contribution in [0.15, 0.2) is 6.07 Å². The number of nitrogens with one attached hydrogen (secondary N) is 2. The smallest absolute Gasteiger partial charge is 0.131 e. The van der Waals surface area contributed by atoms with Crippen molar-refractivity contribution in [1.82, 2.24) is 19.8 Å². The van der Waals surface area contributed by atoms with Crippen LogP contribution in [0.2, 0.25) is 0 Å². The molecule has 0 fully saturated rings. The second kappa shape index (κ2) is 8.71. The Morgan fingerprint density at radius 2 is 1.45 bits per heavy atom. The number of hydrogen-bond acceptors (Lipinski definition) is 6. The van der Waals surface area contributed by atoms with Gasteiger partial charge in [-0.25, -0.2) is 9.97 Å². The minimum atomic E-state index is 0.787. The second-order valence-electron chi connectivity index (χ2n) is 5.50. The van der Waals surface area contributed by atoms with E-state index in [-0.39, 0.29) is 0 Å². The van der Waals surface area contributed by atoms with Crippen LogP contribution in [-0.2, 0) is 0 Å². The molecule has 0 amide bonds. The minimum absolute atomic E-state index is 0.787. The van der Waals surface area contributed by atoms with Crippen molar-refractivity contribution in [3.8, 4) is 0 Å².